The molecule has 0 aliphatic carbocycles. The number of halogens is 3. The van der Waals surface area contributed by atoms with Gasteiger partial charge < -0.3 is 10.2 Å². The number of rotatable bonds is 1. The molecule has 0 spiro atoms. The lowest BCUT2D eigenvalue weighted by Crippen LogP contribution is -2.54. The Bertz CT molecular complexity index is 422. The molecule has 0 bridgehead atoms. The summed E-state index contributed by atoms with van der Waals surface area (Å²) in [5, 5.41) is 3.24. The summed E-state index contributed by atoms with van der Waals surface area (Å²) in [7, 11) is 0. The summed E-state index contributed by atoms with van der Waals surface area (Å²) >= 11 is 0. The third-order valence-electron chi connectivity index (χ3n) is 3.06. The first-order chi connectivity index (χ1) is 7.99. The average Bonchev–Trinajstić information content (AvgIpc) is 2.27. The maximum absolute atomic E-state index is 13.6. The largest absolute Gasteiger partial charge is 0.364 e. The van der Waals surface area contributed by atoms with E-state index in [0.717, 1.165) is 6.07 Å². The summed E-state index contributed by atoms with van der Waals surface area (Å²) in [6.07, 6.45) is 0. The minimum absolute atomic E-state index is 0.0468. The molecular weight excluding hydrogens is 229 g/mol. The normalized spacial score (nSPS) is 25.1. The lowest BCUT2D eigenvalue weighted by molar-refractivity contribution is 0.417. The van der Waals surface area contributed by atoms with Crippen molar-refractivity contribution in [2.45, 2.75) is 25.9 Å². The van der Waals surface area contributed by atoms with Gasteiger partial charge in [0.15, 0.2) is 11.6 Å². The Morgan fingerprint density at radius 2 is 1.76 bits per heavy atom. The van der Waals surface area contributed by atoms with E-state index in [1.54, 1.807) is 4.90 Å². The van der Waals surface area contributed by atoms with E-state index >= 15 is 0 Å². The summed E-state index contributed by atoms with van der Waals surface area (Å²) in [5.74, 6) is -2.88. The first-order valence-corrected chi connectivity index (χ1v) is 5.63. The highest BCUT2D eigenvalue weighted by atomic mass is 19.2. The highest BCUT2D eigenvalue weighted by molar-refractivity contribution is 5.50. The van der Waals surface area contributed by atoms with Crippen LogP contribution in [0.1, 0.15) is 13.8 Å². The highest BCUT2D eigenvalue weighted by Crippen LogP contribution is 2.25. The Morgan fingerprint density at radius 3 is 2.47 bits per heavy atom. The molecule has 0 radical (unpaired) electrons. The van der Waals surface area contributed by atoms with Gasteiger partial charge in [0.25, 0.3) is 0 Å². The molecule has 1 N–H and O–H groups in total. The number of hydrogen-bond donors (Lipinski definition) is 1. The fourth-order valence-electron chi connectivity index (χ4n) is 2.09. The monoisotopic (exact) mass is 244 g/mol. The van der Waals surface area contributed by atoms with E-state index in [0.29, 0.717) is 19.2 Å². The molecule has 1 fully saturated rings. The maximum Gasteiger partial charge on any atom is 0.161 e. The van der Waals surface area contributed by atoms with Crippen molar-refractivity contribution in [3.05, 3.63) is 29.6 Å². The van der Waals surface area contributed by atoms with Gasteiger partial charge in [0.05, 0.1) is 5.69 Å². The van der Waals surface area contributed by atoms with Crippen LogP contribution in [0.5, 0.6) is 0 Å². The van der Waals surface area contributed by atoms with Crippen molar-refractivity contribution in [3.63, 3.8) is 0 Å². The molecule has 2 atom stereocenters. The lowest BCUT2D eigenvalue weighted by Gasteiger charge is -2.39. The van der Waals surface area contributed by atoms with Gasteiger partial charge in [0.2, 0.25) is 0 Å². The van der Waals surface area contributed by atoms with Gasteiger partial charge in [-0.1, -0.05) is 0 Å². The summed E-state index contributed by atoms with van der Waals surface area (Å²) < 4.78 is 39.7. The van der Waals surface area contributed by atoms with Crippen molar-refractivity contribution in [1.29, 1.82) is 0 Å². The Labute approximate surface area is 98.4 Å². The van der Waals surface area contributed by atoms with Crippen LogP contribution in [0, 0.1) is 17.5 Å². The first-order valence-electron chi connectivity index (χ1n) is 5.63. The van der Waals surface area contributed by atoms with Gasteiger partial charge in [-0.2, -0.15) is 0 Å². The number of benzene rings is 1. The number of anilines is 1. The zero-order chi connectivity index (χ0) is 12.6. The molecule has 1 aliphatic rings. The summed E-state index contributed by atoms with van der Waals surface area (Å²) in [6, 6.07) is 1.77. The van der Waals surface area contributed by atoms with Crippen molar-refractivity contribution < 1.29 is 13.2 Å². The van der Waals surface area contributed by atoms with Gasteiger partial charge >= 0.3 is 0 Å². The van der Waals surface area contributed by atoms with Crippen molar-refractivity contribution >= 4 is 5.69 Å². The molecule has 1 aliphatic heterocycles. The van der Waals surface area contributed by atoms with Crippen LogP contribution in [-0.4, -0.2) is 25.2 Å². The van der Waals surface area contributed by atoms with E-state index in [9.17, 15) is 13.2 Å². The molecule has 1 heterocycles. The topological polar surface area (TPSA) is 15.3 Å². The molecule has 2 nitrogen and oxygen atoms in total. The van der Waals surface area contributed by atoms with Crippen LogP contribution in [0.25, 0.3) is 0 Å². The van der Waals surface area contributed by atoms with Crippen LogP contribution >= 0.6 is 0 Å². The van der Waals surface area contributed by atoms with E-state index in [1.807, 2.05) is 13.8 Å². The number of nitrogens with one attached hydrogen (secondary N) is 1. The van der Waals surface area contributed by atoms with Gasteiger partial charge in [-0.3, -0.25) is 0 Å². The van der Waals surface area contributed by atoms with Crippen molar-refractivity contribution in [3.8, 4) is 0 Å². The maximum atomic E-state index is 13.6. The van der Waals surface area contributed by atoms with Gasteiger partial charge in [0.1, 0.15) is 5.82 Å². The number of hydrogen-bond acceptors (Lipinski definition) is 2. The molecule has 2 unspecified atom stereocenters. The van der Waals surface area contributed by atoms with E-state index < -0.39 is 17.5 Å². The Kier molecular flexibility index (Phi) is 3.28. The summed E-state index contributed by atoms with van der Waals surface area (Å²) in [5.41, 5.74) is 0.129. The fraction of sp³-hybridized carbons (Fsp3) is 0.500. The Hall–Kier alpha value is -1.23. The molecule has 1 saturated heterocycles. The highest BCUT2D eigenvalue weighted by Gasteiger charge is 2.25. The van der Waals surface area contributed by atoms with Crippen molar-refractivity contribution in [2.24, 2.45) is 0 Å². The molecule has 1 aromatic carbocycles. The second-order valence-electron chi connectivity index (χ2n) is 4.53. The van der Waals surface area contributed by atoms with Crippen LogP contribution in [-0.2, 0) is 0 Å². The quantitative estimate of drug-likeness (QED) is 0.762. The standard InChI is InChI=1S/C12H15F3N2/c1-7-6-17(8(2)5-16-7)12-4-10(14)9(13)3-11(12)15/h3-4,7-8,16H,5-6H2,1-2H3. The first kappa shape index (κ1) is 12.2. The van der Waals surface area contributed by atoms with Crippen LogP contribution < -0.4 is 10.2 Å². The predicted octanol–water partition coefficient (Wildman–Crippen LogP) is 2.29. The smallest absolute Gasteiger partial charge is 0.161 e. The van der Waals surface area contributed by atoms with Gasteiger partial charge in [0, 0.05) is 37.3 Å². The third-order valence-corrected chi connectivity index (χ3v) is 3.06. The Balaban J connectivity index is 2.35. The van der Waals surface area contributed by atoms with Crippen molar-refractivity contribution in [2.75, 3.05) is 18.0 Å². The van der Waals surface area contributed by atoms with E-state index in [1.165, 1.54) is 0 Å². The van der Waals surface area contributed by atoms with Crippen molar-refractivity contribution in [1.82, 2.24) is 5.32 Å². The van der Waals surface area contributed by atoms with Crippen LogP contribution in [0.4, 0.5) is 18.9 Å². The van der Waals surface area contributed by atoms with Crippen LogP contribution in [0.15, 0.2) is 12.1 Å². The van der Waals surface area contributed by atoms with Gasteiger partial charge in [-0.15, -0.1) is 0 Å². The molecular formula is C12H15F3N2. The number of piperazine rings is 1. The summed E-state index contributed by atoms with van der Waals surface area (Å²) in [4.78, 5) is 1.76. The second-order valence-corrected chi connectivity index (χ2v) is 4.53. The van der Waals surface area contributed by atoms with Crippen LogP contribution in [0.2, 0.25) is 0 Å². The molecule has 94 valence electrons. The molecule has 0 saturated carbocycles. The molecule has 17 heavy (non-hydrogen) atoms. The Morgan fingerprint density at radius 1 is 1.12 bits per heavy atom. The van der Waals surface area contributed by atoms with Gasteiger partial charge in [-0.25, -0.2) is 13.2 Å². The zero-order valence-electron chi connectivity index (χ0n) is 9.80. The lowest BCUT2D eigenvalue weighted by atomic mass is 10.1. The fourth-order valence-corrected chi connectivity index (χ4v) is 2.09. The SMILES string of the molecule is CC1CN(c2cc(F)c(F)cc2F)C(C)CN1. The van der Waals surface area contributed by atoms with E-state index in [4.69, 9.17) is 0 Å². The van der Waals surface area contributed by atoms with Crippen LogP contribution in [0.3, 0.4) is 0 Å². The van der Waals surface area contributed by atoms with E-state index in [-0.39, 0.29) is 17.8 Å². The minimum Gasteiger partial charge on any atom is -0.364 e. The molecule has 0 aromatic heterocycles. The minimum atomic E-state index is -1.15. The third kappa shape index (κ3) is 2.39. The average molecular weight is 244 g/mol. The molecule has 5 heteroatoms. The van der Waals surface area contributed by atoms with E-state index in [2.05, 4.69) is 5.32 Å². The molecule has 0 amide bonds. The molecule has 2 rings (SSSR count). The predicted molar refractivity (Wildman–Crippen MR) is 60.6 cm³/mol. The second kappa shape index (κ2) is 4.56. The summed E-state index contributed by atoms with van der Waals surface area (Å²) in [6.45, 7) is 5.15. The number of nitrogens with zero attached hydrogens (tertiary/aromatic N) is 1. The zero-order valence-corrected chi connectivity index (χ0v) is 9.80. The van der Waals surface area contributed by atoms with Gasteiger partial charge in [-0.05, 0) is 13.8 Å². The molecule has 1 aromatic rings.